The highest BCUT2D eigenvalue weighted by Crippen LogP contribution is 2.22. The van der Waals surface area contributed by atoms with Crippen LogP contribution >= 0.6 is 0 Å². The number of ether oxygens (including phenoxy) is 1. The summed E-state index contributed by atoms with van der Waals surface area (Å²) in [6, 6.07) is 2.38. The first kappa shape index (κ1) is 15.3. The lowest BCUT2D eigenvalue weighted by atomic mass is 10.3. The van der Waals surface area contributed by atoms with Gasteiger partial charge in [0.1, 0.15) is 0 Å². The molecule has 0 aliphatic heterocycles. The zero-order valence-electron chi connectivity index (χ0n) is 11.0. The molecule has 0 aliphatic rings. The summed E-state index contributed by atoms with van der Waals surface area (Å²) < 4.78 is 4.49. The molecule has 0 aliphatic carbocycles. The minimum absolute atomic E-state index is 0.0415. The molecule has 1 aromatic rings. The fraction of sp³-hybridized carbons (Fsp3) is 0.364. The number of hydrogen-bond donors (Lipinski definition) is 2. The van der Waals surface area contributed by atoms with Crippen LogP contribution in [0.25, 0.3) is 0 Å². The van der Waals surface area contributed by atoms with Crippen molar-refractivity contribution in [2.45, 2.75) is 6.92 Å². The maximum atomic E-state index is 11.3. The third-order valence-corrected chi connectivity index (χ3v) is 2.26. The zero-order valence-corrected chi connectivity index (χ0v) is 11.0. The third-order valence-electron chi connectivity index (χ3n) is 2.26. The highest BCUT2D eigenvalue weighted by Gasteiger charge is 2.18. The number of nitrogens with one attached hydrogen (secondary N) is 2. The standard InChI is InChI=1S/C11H14N4O5/c1-7(16)12-5-6-13-10-9(15(18)19)4-3-8(14-10)11(17)20-2/h3-4H,5-6H2,1-2H3,(H,12,16)(H,13,14). The summed E-state index contributed by atoms with van der Waals surface area (Å²) in [6.45, 7) is 1.87. The van der Waals surface area contributed by atoms with Gasteiger partial charge in [0.15, 0.2) is 5.69 Å². The van der Waals surface area contributed by atoms with E-state index in [1.807, 2.05) is 0 Å². The molecule has 20 heavy (non-hydrogen) atoms. The number of hydrogen-bond acceptors (Lipinski definition) is 7. The van der Waals surface area contributed by atoms with Gasteiger partial charge in [-0.2, -0.15) is 0 Å². The highest BCUT2D eigenvalue weighted by molar-refractivity contribution is 5.88. The summed E-state index contributed by atoms with van der Waals surface area (Å²) in [7, 11) is 1.19. The van der Waals surface area contributed by atoms with Crippen molar-refractivity contribution in [3.63, 3.8) is 0 Å². The topological polar surface area (TPSA) is 123 Å². The molecule has 1 aromatic heterocycles. The van der Waals surface area contributed by atoms with Crippen molar-refractivity contribution in [3.8, 4) is 0 Å². The molecular formula is C11H14N4O5. The number of aromatic nitrogens is 1. The Morgan fingerprint density at radius 3 is 2.65 bits per heavy atom. The largest absolute Gasteiger partial charge is 0.464 e. The lowest BCUT2D eigenvalue weighted by Gasteiger charge is -2.07. The quantitative estimate of drug-likeness (QED) is 0.333. The number of esters is 1. The van der Waals surface area contributed by atoms with Crippen molar-refractivity contribution >= 4 is 23.4 Å². The average Bonchev–Trinajstić information content (AvgIpc) is 2.42. The van der Waals surface area contributed by atoms with E-state index in [4.69, 9.17) is 0 Å². The number of pyridine rings is 1. The Balaban J connectivity index is 2.86. The molecule has 0 spiro atoms. The van der Waals surface area contributed by atoms with Crippen LogP contribution in [0.3, 0.4) is 0 Å². The second-order valence-electron chi connectivity index (χ2n) is 3.72. The number of nitrogens with zero attached hydrogens (tertiary/aromatic N) is 2. The molecule has 9 nitrogen and oxygen atoms in total. The summed E-state index contributed by atoms with van der Waals surface area (Å²) in [5.74, 6) is -0.953. The van der Waals surface area contributed by atoms with Gasteiger partial charge in [-0.05, 0) is 6.07 Å². The smallest absolute Gasteiger partial charge is 0.356 e. The van der Waals surface area contributed by atoms with Crippen molar-refractivity contribution < 1.29 is 19.2 Å². The van der Waals surface area contributed by atoms with E-state index in [9.17, 15) is 19.7 Å². The van der Waals surface area contributed by atoms with Gasteiger partial charge in [0.2, 0.25) is 11.7 Å². The van der Waals surface area contributed by atoms with Gasteiger partial charge in [0.05, 0.1) is 12.0 Å². The number of rotatable bonds is 6. The van der Waals surface area contributed by atoms with Gasteiger partial charge in [-0.1, -0.05) is 0 Å². The van der Waals surface area contributed by atoms with Crippen LogP contribution in [0.4, 0.5) is 11.5 Å². The van der Waals surface area contributed by atoms with Crippen LogP contribution < -0.4 is 10.6 Å². The minimum atomic E-state index is -0.690. The van der Waals surface area contributed by atoms with Crippen LogP contribution in [-0.4, -0.2) is 42.0 Å². The Morgan fingerprint density at radius 2 is 2.10 bits per heavy atom. The second kappa shape index (κ2) is 7.02. The number of carbonyl (C=O) groups is 2. The molecular weight excluding hydrogens is 268 g/mol. The van der Waals surface area contributed by atoms with E-state index in [1.54, 1.807) is 0 Å². The Morgan fingerprint density at radius 1 is 1.40 bits per heavy atom. The maximum Gasteiger partial charge on any atom is 0.356 e. The third kappa shape index (κ3) is 4.19. The molecule has 1 rings (SSSR count). The molecule has 1 amide bonds. The fourth-order valence-corrected chi connectivity index (χ4v) is 1.37. The van der Waals surface area contributed by atoms with Crippen LogP contribution in [0.1, 0.15) is 17.4 Å². The van der Waals surface area contributed by atoms with Crippen molar-refractivity contribution in [2.24, 2.45) is 0 Å². The van der Waals surface area contributed by atoms with E-state index in [-0.39, 0.29) is 36.2 Å². The molecule has 0 aromatic carbocycles. The summed E-state index contributed by atoms with van der Waals surface area (Å²) in [5, 5.41) is 16.1. The van der Waals surface area contributed by atoms with Crippen LogP contribution in [0, 0.1) is 10.1 Å². The van der Waals surface area contributed by atoms with Crippen LogP contribution in [0.5, 0.6) is 0 Å². The lowest BCUT2D eigenvalue weighted by molar-refractivity contribution is -0.384. The van der Waals surface area contributed by atoms with Crippen LogP contribution in [0.2, 0.25) is 0 Å². The number of nitro groups is 1. The van der Waals surface area contributed by atoms with Crippen LogP contribution in [0.15, 0.2) is 12.1 Å². The summed E-state index contributed by atoms with van der Waals surface area (Å²) in [5.41, 5.74) is -0.305. The maximum absolute atomic E-state index is 11.3. The van der Waals surface area contributed by atoms with E-state index in [0.29, 0.717) is 0 Å². The predicted molar refractivity (Wildman–Crippen MR) is 69.4 cm³/mol. The lowest BCUT2D eigenvalue weighted by Crippen LogP contribution is -2.26. The second-order valence-corrected chi connectivity index (χ2v) is 3.72. The molecule has 0 bridgehead atoms. The molecule has 0 saturated heterocycles. The van der Waals surface area contributed by atoms with E-state index in [2.05, 4.69) is 20.4 Å². The first-order chi connectivity index (χ1) is 9.45. The van der Waals surface area contributed by atoms with Crippen molar-refractivity contribution in [1.82, 2.24) is 10.3 Å². The summed E-state index contributed by atoms with van der Waals surface area (Å²) in [4.78, 5) is 36.1. The van der Waals surface area contributed by atoms with Gasteiger partial charge < -0.3 is 15.4 Å². The molecule has 2 N–H and O–H groups in total. The van der Waals surface area contributed by atoms with Crippen LogP contribution in [-0.2, 0) is 9.53 Å². The highest BCUT2D eigenvalue weighted by atomic mass is 16.6. The van der Waals surface area contributed by atoms with Gasteiger partial charge in [-0.3, -0.25) is 14.9 Å². The molecule has 0 atom stereocenters. The van der Waals surface area contributed by atoms with E-state index < -0.39 is 10.9 Å². The normalized spacial score (nSPS) is 9.70. The minimum Gasteiger partial charge on any atom is -0.464 e. The number of amides is 1. The Hall–Kier alpha value is -2.71. The molecule has 0 radical (unpaired) electrons. The molecule has 9 heteroatoms. The summed E-state index contributed by atoms with van der Waals surface area (Å²) >= 11 is 0. The van der Waals surface area contributed by atoms with Gasteiger partial charge in [-0.25, -0.2) is 9.78 Å². The molecule has 0 fully saturated rings. The molecule has 1 heterocycles. The SMILES string of the molecule is COC(=O)c1ccc([N+](=O)[O-])c(NCCNC(C)=O)n1. The van der Waals surface area contributed by atoms with Crippen molar-refractivity contribution in [3.05, 3.63) is 27.9 Å². The first-order valence-corrected chi connectivity index (χ1v) is 5.67. The van der Waals surface area contributed by atoms with Crippen molar-refractivity contribution in [1.29, 1.82) is 0 Å². The monoisotopic (exact) mass is 282 g/mol. The zero-order chi connectivity index (χ0) is 15.1. The number of carbonyl (C=O) groups excluding carboxylic acids is 2. The van der Waals surface area contributed by atoms with Gasteiger partial charge in [-0.15, -0.1) is 0 Å². The van der Waals surface area contributed by atoms with E-state index in [1.165, 1.54) is 26.2 Å². The van der Waals surface area contributed by atoms with Crippen molar-refractivity contribution in [2.75, 3.05) is 25.5 Å². The average molecular weight is 282 g/mol. The fourth-order valence-electron chi connectivity index (χ4n) is 1.37. The van der Waals surface area contributed by atoms with Gasteiger partial charge in [0, 0.05) is 26.1 Å². The molecule has 108 valence electrons. The number of methoxy groups -OCH3 is 1. The van der Waals surface area contributed by atoms with Gasteiger partial charge in [0.25, 0.3) is 0 Å². The Kier molecular flexibility index (Phi) is 5.39. The first-order valence-electron chi connectivity index (χ1n) is 5.67. The Bertz CT molecular complexity index is 532. The Labute approximate surface area is 114 Å². The predicted octanol–water partition coefficient (Wildman–Crippen LogP) is 0.324. The number of anilines is 1. The van der Waals surface area contributed by atoms with Gasteiger partial charge >= 0.3 is 11.7 Å². The molecule has 0 unspecified atom stereocenters. The van der Waals surface area contributed by atoms with E-state index >= 15 is 0 Å². The van der Waals surface area contributed by atoms with E-state index in [0.717, 1.165) is 0 Å². The molecule has 0 saturated carbocycles. The summed E-state index contributed by atoms with van der Waals surface area (Å²) in [6.07, 6.45) is 0.